The molecule has 4 rings (SSSR count). The molecule has 3 aromatic heterocycles. The van der Waals surface area contributed by atoms with Gasteiger partial charge in [0.25, 0.3) is 5.89 Å². The number of nitrogens with one attached hydrogen (secondary N) is 1. The summed E-state index contributed by atoms with van der Waals surface area (Å²) in [6, 6.07) is 10.1. The second kappa shape index (κ2) is 7.50. The van der Waals surface area contributed by atoms with E-state index < -0.39 is 0 Å². The Balaban J connectivity index is 1.38. The van der Waals surface area contributed by atoms with Gasteiger partial charge in [-0.15, -0.1) is 11.3 Å². The lowest BCUT2D eigenvalue weighted by Gasteiger charge is -2.06. The van der Waals surface area contributed by atoms with Gasteiger partial charge in [-0.1, -0.05) is 29.4 Å². The van der Waals surface area contributed by atoms with Gasteiger partial charge < -0.3 is 14.4 Å². The fourth-order valence-corrected chi connectivity index (χ4v) is 3.09. The minimum absolute atomic E-state index is 0.0527. The standard InChI is InChI=1S/C18H14FN5O2S/c19-13-5-2-1-4-12(13)8-20-16(25)10-24-9-14(21-11-24)17-22-18(26-23-17)15-6-3-7-27-15/h1-7,9,11H,8,10H2,(H,20,25). The van der Waals surface area contributed by atoms with Gasteiger partial charge in [0, 0.05) is 18.3 Å². The maximum absolute atomic E-state index is 13.6. The van der Waals surface area contributed by atoms with Gasteiger partial charge in [-0.25, -0.2) is 9.37 Å². The molecule has 0 bridgehead atoms. The van der Waals surface area contributed by atoms with Crippen LogP contribution in [0.2, 0.25) is 0 Å². The molecule has 1 aromatic carbocycles. The van der Waals surface area contributed by atoms with Crippen molar-refractivity contribution in [3.63, 3.8) is 0 Å². The second-order valence-electron chi connectivity index (χ2n) is 5.70. The normalized spacial score (nSPS) is 10.9. The molecule has 136 valence electrons. The summed E-state index contributed by atoms with van der Waals surface area (Å²) in [6.07, 6.45) is 3.17. The minimum atomic E-state index is -0.346. The average molecular weight is 383 g/mol. The molecule has 0 unspecified atom stereocenters. The monoisotopic (exact) mass is 383 g/mol. The number of amides is 1. The molecule has 4 aromatic rings. The topological polar surface area (TPSA) is 85.8 Å². The molecule has 0 aliphatic carbocycles. The van der Waals surface area contributed by atoms with E-state index in [1.54, 1.807) is 29.0 Å². The van der Waals surface area contributed by atoms with Crippen LogP contribution in [0.3, 0.4) is 0 Å². The molecule has 7 nitrogen and oxygen atoms in total. The van der Waals surface area contributed by atoms with E-state index in [1.165, 1.54) is 23.7 Å². The Hall–Kier alpha value is -3.33. The van der Waals surface area contributed by atoms with Crippen molar-refractivity contribution >= 4 is 17.2 Å². The smallest absolute Gasteiger partial charge is 0.268 e. The van der Waals surface area contributed by atoms with Crippen molar-refractivity contribution in [3.8, 4) is 22.3 Å². The van der Waals surface area contributed by atoms with Gasteiger partial charge >= 0.3 is 0 Å². The number of aromatic nitrogens is 4. The largest absolute Gasteiger partial charge is 0.350 e. The van der Waals surface area contributed by atoms with Crippen molar-refractivity contribution in [2.45, 2.75) is 13.1 Å². The Kier molecular flexibility index (Phi) is 4.75. The summed E-state index contributed by atoms with van der Waals surface area (Å²) >= 11 is 1.50. The minimum Gasteiger partial charge on any atom is -0.350 e. The van der Waals surface area contributed by atoms with Gasteiger partial charge in [-0.05, 0) is 17.5 Å². The lowest BCUT2D eigenvalue weighted by molar-refractivity contribution is -0.121. The van der Waals surface area contributed by atoms with E-state index in [0.717, 1.165) is 4.88 Å². The number of benzene rings is 1. The maximum atomic E-state index is 13.6. The summed E-state index contributed by atoms with van der Waals surface area (Å²) in [5.41, 5.74) is 0.938. The van der Waals surface area contributed by atoms with Crippen LogP contribution in [0, 0.1) is 5.82 Å². The van der Waals surface area contributed by atoms with Crippen LogP contribution in [0.25, 0.3) is 22.3 Å². The number of carbonyl (C=O) groups is 1. The summed E-state index contributed by atoms with van der Waals surface area (Å²) in [5, 5.41) is 8.53. The van der Waals surface area contributed by atoms with Gasteiger partial charge in [0.15, 0.2) is 0 Å². The third-order valence-corrected chi connectivity index (χ3v) is 4.64. The highest BCUT2D eigenvalue weighted by atomic mass is 32.1. The molecule has 0 saturated carbocycles. The van der Waals surface area contributed by atoms with Crippen molar-refractivity contribution in [3.05, 3.63) is 65.7 Å². The van der Waals surface area contributed by atoms with Crippen LogP contribution in [0.4, 0.5) is 4.39 Å². The first-order chi connectivity index (χ1) is 13.2. The first-order valence-electron chi connectivity index (χ1n) is 8.09. The van der Waals surface area contributed by atoms with E-state index in [9.17, 15) is 9.18 Å². The Bertz CT molecular complexity index is 1060. The quantitative estimate of drug-likeness (QED) is 0.553. The number of carbonyl (C=O) groups excluding carboxylic acids is 1. The average Bonchev–Trinajstić information content (AvgIpc) is 3.41. The lowest BCUT2D eigenvalue weighted by atomic mass is 10.2. The number of hydrogen-bond donors (Lipinski definition) is 1. The summed E-state index contributed by atoms with van der Waals surface area (Å²) in [6.45, 7) is 0.180. The highest BCUT2D eigenvalue weighted by Gasteiger charge is 2.14. The van der Waals surface area contributed by atoms with Gasteiger partial charge in [0.05, 0.1) is 11.2 Å². The van der Waals surface area contributed by atoms with E-state index >= 15 is 0 Å². The molecular weight excluding hydrogens is 369 g/mol. The summed E-state index contributed by atoms with van der Waals surface area (Å²) in [5.74, 6) is 0.178. The molecule has 3 heterocycles. The highest BCUT2D eigenvalue weighted by Crippen LogP contribution is 2.24. The van der Waals surface area contributed by atoms with Crippen LogP contribution >= 0.6 is 11.3 Å². The first-order valence-corrected chi connectivity index (χ1v) is 8.97. The van der Waals surface area contributed by atoms with Crippen LogP contribution in [0.15, 0.2) is 58.8 Å². The Morgan fingerprint density at radius 3 is 2.96 bits per heavy atom. The molecule has 27 heavy (non-hydrogen) atoms. The van der Waals surface area contributed by atoms with Gasteiger partial charge in [0.2, 0.25) is 11.7 Å². The molecule has 0 radical (unpaired) electrons. The third kappa shape index (κ3) is 3.93. The van der Waals surface area contributed by atoms with E-state index in [0.29, 0.717) is 23.0 Å². The molecular formula is C18H14FN5O2S. The van der Waals surface area contributed by atoms with Crippen molar-refractivity contribution in [1.82, 2.24) is 25.0 Å². The van der Waals surface area contributed by atoms with E-state index in [2.05, 4.69) is 20.4 Å². The van der Waals surface area contributed by atoms with E-state index in [1.807, 2.05) is 17.5 Å². The van der Waals surface area contributed by atoms with Gasteiger partial charge in [-0.2, -0.15) is 4.98 Å². The Morgan fingerprint density at radius 1 is 1.26 bits per heavy atom. The molecule has 9 heteroatoms. The number of nitrogens with zero attached hydrogens (tertiary/aromatic N) is 4. The first kappa shape index (κ1) is 17.1. The van der Waals surface area contributed by atoms with Crippen molar-refractivity contribution < 1.29 is 13.7 Å². The lowest BCUT2D eigenvalue weighted by Crippen LogP contribution is -2.27. The zero-order valence-corrected chi connectivity index (χ0v) is 14.8. The maximum Gasteiger partial charge on any atom is 0.268 e. The fraction of sp³-hybridized carbons (Fsp3) is 0.111. The molecule has 0 aliphatic rings. The molecule has 1 N–H and O–H groups in total. The third-order valence-electron chi connectivity index (χ3n) is 3.78. The van der Waals surface area contributed by atoms with Crippen LogP contribution in [0.5, 0.6) is 0 Å². The zero-order valence-electron chi connectivity index (χ0n) is 14.0. The van der Waals surface area contributed by atoms with E-state index in [4.69, 9.17) is 4.52 Å². The predicted molar refractivity (Wildman–Crippen MR) is 97.1 cm³/mol. The zero-order chi connectivity index (χ0) is 18.6. The van der Waals surface area contributed by atoms with E-state index in [-0.39, 0.29) is 24.8 Å². The SMILES string of the molecule is O=C(Cn1cnc(-c2noc(-c3cccs3)n2)c1)NCc1ccccc1F. The highest BCUT2D eigenvalue weighted by molar-refractivity contribution is 7.13. The fourth-order valence-electron chi connectivity index (χ4n) is 2.45. The van der Waals surface area contributed by atoms with Crippen LogP contribution < -0.4 is 5.32 Å². The van der Waals surface area contributed by atoms with Gasteiger partial charge in [0.1, 0.15) is 18.1 Å². The number of rotatable bonds is 6. The van der Waals surface area contributed by atoms with Crippen LogP contribution in [-0.2, 0) is 17.9 Å². The van der Waals surface area contributed by atoms with Crippen LogP contribution in [-0.4, -0.2) is 25.6 Å². The van der Waals surface area contributed by atoms with Gasteiger partial charge in [-0.3, -0.25) is 4.79 Å². The molecule has 0 spiro atoms. The second-order valence-corrected chi connectivity index (χ2v) is 6.65. The summed E-state index contributed by atoms with van der Waals surface area (Å²) in [7, 11) is 0. The predicted octanol–water partition coefficient (Wildman–Crippen LogP) is 3.12. The Labute approximate surface area is 157 Å². The molecule has 1 amide bonds. The number of hydrogen-bond acceptors (Lipinski definition) is 6. The van der Waals surface area contributed by atoms with Crippen molar-refractivity contribution in [2.75, 3.05) is 0 Å². The number of thiophene rings is 1. The number of imidazole rings is 1. The molecule has 0 aliphatic heterocycles. The molecule has 0 atom stereocenters. The summed E-state index contributed by atoms with van der Waals surface area (Å²) in [4.78, 5) is 21.5. The molecule has 0 fully saturated rings. The van der Waals surface area contributed by atoms with Crippen molar-refractivity contribution in [1.29, 1.82) is 0 Å². The van der Waals surface area contributed by atoms with Crippen LogP contribution in [0.1, 0.15) is 5.56 Å². The summed E-state index contributed by atoms with van der Waals surface area (Å²) < 4.78 is 20.4. The number of halogens is 1. The molecule has 0 saturated heterocycles. The van der Waals surface area contributed by atoms with Crippen molar-refractivity contribution in [2.24, 2.45) is 0 Å². The Morgan fingerprint density at radius 2 is 2.15 bits per heavy atom.